The van der Waals surface area contributed by atoms with Crippen molar-refractivity contribution < 1.29 is 4.79 Å². The predicted molar refractivity (Wildman–Crippen MR) is 85.7 cm³/mol. The number of nitrogens with one attached hydrogen (secondary N) is 1. The molecule has 1 aliphatic carbocycles. The van der Waals surface area contributed by atoms with Crippen LogP contribution in [0.2, 0.25) is 0 Å². The lowest BCUT2D eigenvalue weighted by atomic mass is 9.95. The second-order valence-electron chi connectivity index (χ2n) is 6.34. The average molecular weight is 316 g/mol. The molecule has 2 heterocycles. The van der Waals surface area contributed by atoms with Gasteiger partial charge in [-0.25, -0.2) is 0 Å². The molecule has 0 bridgehead atoms. The Morgan fingerprint density at radius 1 is 1.39 bits per heavy atom. The largest absolute Gasteiger partial charge is 0.347 e. The van der Waals surface area contributed by atoms with Crippen molar-refractivity contribution in [2.75, 3.05) is 0 Å². The first-order valence-corrected chi connectivity index (χ1v) is 8.32. The van der Waals surface area contributed by atoms with Crippen molar-refractivity contribution in [1.82, 2.24) is 29.9 Å². The summed E-state index contributed by atoms with van der Waals surface area (Å²) in [4.78, 5) is 12.3. The molecule has 7 nitrogen and oxygen atoms in total. The second kappa shape index (κ2) is 6.93. The Labute approximate surface area is 136 Å². The van der Waals surface area contributed by atoms with Crippen LogP contribution in [0.5, 0.6) is 0 Å². The summed E-state index contributed by atoms with van der Waals surface area (Å²) in [7, 11) is 0. The molecule has 1 atom stereocenters. The zero-order valence-corrected chi connectivity index (χ0v) is 13.8. The molecule has 0 aromatic carbocycles. The van der Waals surface area contributed by atoms with Crippen molar-refractivity contribution in [3.63, 3.8) is 0 Å². The van der Waals surface area contributed by atoms with Gasteiger partial charge in [0.25, 0.3) is 0 Å². The minimum atomic E-state index is -0.338. The van der Waals surface area contributed by atoms with Gasteiger partial charge in [-0.15, -0.1) is 10.2 Å². The van der Waals surface area contributed by atoms with E-state index in [1.54, 1.807) is 17.2 Å². The second-order valence-corrected chi connectivity index (χ2v) is 6.34. The normalized spacial score (nSPS) is 17.1. The van der Waals surface area contributed by atoms with E-state index in [0.29, 0.717) is 12.6 Å². The van der Waals surface area contributed by atoms with E-state index in [2.05, 4.69) is 25.2 Å². The summed E-state index contributed by atoms with van der Waals surface area (Å²) >= 11 is 0. The number of amides is 1. The van der Waals surface area contributed by atoms with Crippen LogP contribution in [0.3, 0.4) is 0 Å². The minimum absolute atomic E-state index is 0.0636. The van der Waals surface area contributed by atoms with Gasteiger partial charge in [0.1, 0.15) is 12.4 Å². The third kappa shape index (κ3) is 3.60. The van der Waals surface area contributed by atoms with Gasteiger partial charge in [-0.05, 0) is 32.3 Å². The number of nitrogens with zero attached hydrogens (tertiary/aromatic N) is 5. The Morgan fingerprint density at radius 2 is 2.17 bits per heavy atom. The van der Waals surface area contributed by atoms with Gasteiger partial charge in [0.2, 0.25) is 5.91 Å². The van der Waals surface area contributed by atoms with E-state index < -0.39 is 0 Å². The van der Waals surface area contributed by atoms with Crippen LogP contribution in [0.15, 0.2) is 18.7 Å². The zero-order valence-electron chi connectivity index (χ0n) is 13.8. The van der Waals surface area contributed by atoms with Crippen molar-refractivity contribution in [3.8, 4) is 0 Å². The van der Waals surface area contributed by atoms with Gasteiger partial charge in [0.05, 0.1) is 12.7 Å². The number of rotatable bonds is 5. The van der Waals surface area contributed by atoms with Crippen LogP contribution in [0.1, 0.15) is 62.5 Å². The van der Waals surface area contributed by atoms with Crippen molar-refractivity contribution in [3.05, 3.63) is 30.1 Å². The summed E-state index contributed by atoms with van der Waals surface area (Å²) in [6.07, 6.45) is 11.6. The smallest absolute Gasteiger partial charge is 0.244 e. The summed E-state index contributed by atoms with van der Waals surface area (Å²) in [5, 5.41) is 15.3. The number of hydrogen-bond donors (Lipinski definition) is 1. The number of carbonyl (C=O) groups excluding carboxylic acids is 1. The molecule has 0 saturated heterocycles. The molecule has 1 N–H and O–H groups in total. The quantitative estimate of drug-likeness (QED) is 0.917. The fraction of sp³-hybridized carbons (Fsp3) is 0.625. The van der Waals surface area contributed by atoms with E-state index in [4.69, 9.17) is 0 Å². The molecule has 1 amide bonds. The average Bonchev–Trinajstić information content (AvgIpc) is 3.21. The van der Waals surface area contributed by atoms with E-state index in [1.165, 1.54) is 32.1 Å². The van der Waals surface area contributed by atoms with Gasteiger partial charge in [-0.3, -0.25) is 9.48 Å². The molecule has 0 aliphatic heterocycles. The first-order valence-electron chi connectivity index (χ1n) is 8.32. The van der Waals surface area contributed by atoms with Crippen LogP contribution in [0.4, 0.5) is 0 Å². The highest BCUT2D eigenvalue weighted by Crippen LogP contribution is 2.28. The van der Waals surface area contributed by atoms with Crippen molar-refractivity contribution in [2.45, 2.75) is 64.6 Å². The fourth-order valence-corrected chi connectivity index (χ4v) is 3.14. The first kappa shape index (κ1) is 15.7. The van der Waals surface area contributed by atoms with Crippen LogP contribution in [0.25, 0.3) is 0 Å². The van der Waals surface area contributed by atoms with Gasteiger partial charge in [0, 0.05) is 12.2 Å². The Balaban J connectivity index is 1.60. The molecule has 1 unspecified atom stereocenters. The van der Waals surface area contributed by atoms with E-state index >= 15 is 0 Å². The zero-order chi connectivity index (χ0) is 16.2. The lowest BCUT2D eigenvalue weighted by Gasteiger charge is -2.24. The number of carbonyl (C=O) groups is 1. The molecule has 7 heteroatoms. The summed E-state index contributed by atoms with van der Waals surface area (Å²) in [6.45, 7) is 4.20. The Bertz CT molecular complexity index is 655. The summed E-state index contributed by atoms with van der Waals surface area (Å²) < 4.78 is 3.80. The number of aromatic nitrogens is 5. The first-order chi connectivity index (χ1) is 11.1. The van der Waals surface area contributed by atoms with Crippen molar-refractivity contribution in [1.29, 1.82) is 0 Å². The van der Waals surface area contributed by atoms with Crippen molar-refractivity contribution in [2.24, 2.45) is 0 Å². The third-order valence-corrected chi connectivity index (χ3v) is 4.54. The SMILES string of the molecule is Cc1cnn(C(C)C(=O)NCc2nncn2C2CCCCC2)c1. The van der Waals surface area contributed by atoms with Crippen LogP contribution < -0.4 is 5.32 Å². The van der Waals surface area contributed by atoms with E-state index in [-0.39, 0.29) is 11.9 Å². The number of aryl methyl sites for hydroxylation is 1. The highest BCUT2D eigenvalue weighted by atomic mass is 16.2. The molecular formula is C16H24N6O. The van der Waals surface area contributed by atoms with Gasteiger partial charge in [0.15, 0.2) is 5.82 Å². The highest BCUT2D eigenvalue weighted by Gasteiger charge is 2.20. The maximum absolute atomic E-state index is 12.3. The Morgan fingerprint density at radius 3 is 2.87 bits per heavy atom. The summed E-state index contributed by atoms with van der Waals surface area (Å²) in [5.41, 5.74) is 1.04. The molecule has 2 aromatic rings. The molecule has 0 spiro atoms. The van der Waals surface area contributed by atoms with E-state index in [9.17, 15) is 4.79 Å². The molecule has 1 saturated carbocycles. The standard InChI is InChI=1S/C16H24N6O/c1-12-8-19-22(10-12)13(2)16(23)17-9-15-20-18-11-21(15)14-6-4-3-5-7-14/h8,10-11,13-14H,3-7,9H2,1-2H3,(H,17,23). The molecule has 23 heavy (non-hydrogen) atoms. The lowest BCUT2D eigenvalue weighted by Crippen LogP contribution is -2.32. The topological polar surface area (TPSA) is 77.6 Å². The van der Waals surface area contributed by atoms with Crippen LogP contribution in [-0.4, -0.2) is 30.5 Å². The Kier molecular flexibility index (Phi) is 4.73. The minimum Gasteiger partial charge on any atom is -0.347 e. The molecule has 124 valence electrons. The molecule has 1 fully saturated rings. The Hall–Kier alpha value is -2.18. The van der Waals surface area contributed by atoms with Gasteiger partial charge < -0.3 is 9.88 Å². The molecule has 2 aromatic heterocycles. The predicted octanol–water partition coefficient (Wildman–Crippen LogP) is 2.17. The van der Waals surface area contributed by atoms with Gasteiger partial charge in [-0.2, -0.15) is 5.10 Å². The highest BCUT2D eigenvalue weighted by molar-refractivity contribution is 5.79. The maximum Gasteiger partial charge on any atom is 0.244 e. The molecule has 1 aliphatic rings. The summed E-state index contributed by atoms with van der Waals surface area (Å²) in [6, 6.07) is 0.131. The van der Waals surface area contributed by atoms with E-state index in [1.807, 2.05) is 20.0 Å². The molecule has 0 radical (unpaired) electrons. The number of hydrogen-bond acceptors (Lipinski definition) is 4. The van der Waals surface area contributed by atoms with E-state index in [0.717, 1.165) is 11.4 Å². The van der Waals surface area contributed by atoms with Crippen LogP contribution >= 0.6 is 0 Å². The summed E-state index contributed by atoms with van der Waals surface area (Å²) in [5.74, 6) is 0.764. The lowest BCUT2D eigenvalue weighted by molar-refractivity contribution is -0.124. The fourth-order valence-electron chi connectivity index (χ4n) is 3.14. The van der Waals surface area contributed by atoms with Crippen LogP contribution in [-0.2, 0) is 11.3 Å². The molecule has 3 rings (SSSR count). The monoisotopic (exact) mass is 316 g/mol. The third-order valence-electron chi connectivity index (χ3n) is 4.54. The van der Waals surface area contributed by atoms with Gasteiger partial charge in [-0.1, -0.05) is 19.3 Å². The van der Waals surface area contributed by atoms with Gasteiger partial charge >= 0.3 is 0 Å². The van der Waals surface area contributed by atoms with Crippen LogP contribution in [0, 0.1) is 6.92 Å². The molecular weight excluding hydrogens is 292 g/mol. The maximum atomic E-state index is 12.3. The van der Waals surface area contributed by atoms with Crippen molar-refractivity contribution >= 4 is 5.91 Å².